The average molecular weight is 186 g/mol. The van der Waals surface area contributed by atoms with Crippen molar-refractivity contribution in [3.8, 4) is 0 Å². The third-order valence-electron chi connectivity index (χ3n) is 2.77. The van der Waals surface area contributed by atoms with Crippen molar-refractivity contribution in [1.82, 2.24) is 9.80 Å². The Bertz CT molecular complexity index is 194. The maximum absolute atomic E-state index is 11.0. The van der Waals surface area contributed by atoms with Crippen LogP contribution < -0.4 is 0 Å². The second-order valence-corrected chi connectivity index (χ2v) is 3.94. The van der Waals surface area contributed by atoms with E-state index >= 15 is 0 Å². The fraction of sp³-hybridized carbons (Fsp3) is 0.889. The van der Waals surface area contributed by atoms with E-state index in [9.17, 15) is 4.79 Å². The first kappa shape index (κ1) is 10.5. The molecule has 1 rings (SSSR count). The van der Waals surface area contributed by atoms with Gasteiger partial charge in [0, 0.05) is 6.04 Å². The lowest BCUT2D eigenvalue weighted by atomic mass is 9.96. The predicted octanol–water partition coefficient (Wildman–Crippen LogP) is 0.0954. The molecule has 1 fully saturated rings. The van der Waals surface area contributed by atoms with Gasteiger partial charge in [-0.1, -0.05) is 0 Å². The van der Waals surface area contributed by atoms with Crippen molar-refractivity contribution in [2.24, 2.45) is 0 Å². The van der Waals surface area contributed by atoms with E-state index in [0.29, 0.717) is 0 Å². The first-order valence-corrected chi connectivity index (χ1v) is 4.63. The molecule has 1 saturated heterocycles. The van der Waals surface area contributed by atoms with Crippen LogP contribution in [0.2, 0.25) is 0 Å². The average Bonchev–Trinajstić information content (AvgIpc) is 2.02. The number of nitrogens with zero attached hydrogens (tertiary/aromatic N) is 2. The van der Waals surface area contributed by atoms with Gasteiger partial charge in [0.05, 0.1) is 0 Å². The Labute approximate surface area is 79.1 Å². The van der Waals surface area contributed by atoms with E-state index in [1.54, 1.807) is 0 Å². The van der Waals surface area contributed by atoms with E-state index in [1.165, 1.54) is 0 Å². The van der Waals surface area contributed by atoms with Crippen LogP contribution >= 0.6 is 0 Å². The Balaban J connectivity index is 2.74. The van der Waals surface area contributed by atoms with Crippen molar-refractivity contribution in [2.45, 2.75) is 24.9 Å². The summed E-state index contributed by atoms with van der Waals surface area (Å²) in [5, 5.41) is 9.06. The molecule has 0 aromatic heterocycles. The molecule has 13 heavy (non-hydrogen) atoms. The second-order valence-electron chi connectivity index (χ2n) is 3.94. The maximum Gasteiger partial charge on any atom is 0.322 e. The summed E-state index contributed by atoms with van der Waals surface area (Å²) < 4.78 is 0. The van der Waals surface area contributed by atoms with Gasteiger partial charge in [0.15, 0.2) is 0 Å². The van der Waals surface area contributed by atoms with Crippen LogP contribution in [0.25, 0.3) is 0 Å². The summed E-state index contributed by atoms with van der Waals surface area (Å²) in [6.45, 7) is 0.890. The molecular formula is C9H18N2O2. The summed E-state index contributed by atoms with van der Waals surface area (Å²) >= 11 is 0. The van der Waals surface area contributed by atoms with Gasteiger partial charge in [-0.3, -0.25) is 9.69 Å². The number of piperidine rings is 1. The zero-order valence-electron chi connectivity index (χ0n) is 8.53. The molecule has 2 unspecified atom stereocenters. The highest BCUT2D eigenvalue weighted by atomic mass is 16.4. The van der Waals surface area contributed by atoms with Gasteiger partial charge in [0.1, 0.15) is 6.04 Å². The van der Waals surface area contributed by atoms with E-state index in [1.807, 2.05) is 30.9 Å². The molecule has 1 aliphatic rings. The quantitative estimate of drug-likeness (QED) is 0.664. The van der Waals surface area contributed by atoms with Gasteiger partial charge in [0.25, 0.3) is 0 Å². The lowest BCUT2D eigenvalue weighted by Gasteiger charge is -2.39. The zero-order chi connectivity index (χ0) is 10.0. The Morgan fingerprint density at radius 2 is 2.15 bits per heavy atom. The number of likely N-dealkylation sites (tertiary alicyclic amines) is 1. The molecule has 0 aromatic rings. The topological polar surface area (TPSA) is 43.8 Å². The summed E-state index contributed by atoms with van der Waals surface area (Å²) in [7, 11) is 5.77. The molecule has 4 heteroatoms. The highest BCUT2D eigenvalue weighted by Gasteiger charge is 2.35. The normalized spacial score (nSPS) is 30.8. The predicted molar refractivity (Wildman–Crippen MR) is 50.8 cm³/mol. The van der Waals surface area contributed by atoms with E-state index in [2.05, 4.69) is 0 Å². The van der Waals surface area contributed by atoms with Gasteiger partial charge >= 0.3 is 5.97 Å². The summed E-state index contributed by atoms with van der Waals surface area (Å²) in [4.78, 5) is 14.9. The highest BCUT2D eigenvalue weighted by molar-refractivity contribution is 5.74. The Morgan fingerprint density at radius 3 is 2.54 bits per heavy atom. The smallest absolute Gasteiger partial charge is 0.322 e. The number of hydrogen-bond acceptors (Lipinski definition) is 3. The summed E-state index contributed by atoms with van der Waals surface area (Å²) in [6.07, 6.45) is 2.07. The lowest BCUT2D eigenvalue weighted by molar-refractivity contribution is -0.146. The summed E-state index contributed by atoms with van der Waals surface area (Å²) in [6, 6.07) is -0.194. The van der Waals surface area contributed by atoms with Crippen molar-refractivity contribution in [1.29, 1.82) is 0 Å². The van der Waals surface area contributed by atoms with Crippen LogP contribution in [0.3, 0.4) is 0 Å². The zero-order valence-corrected chi connectivity index (χ0v) is 8.53. The van der Waals surface area contributed by atoms with Crippen LogP contribution in [-0.4, -0.2) is 60.6 Å². The molecule has 0 saturated carbocycles. The van der Waals surface area contributed by atoms with Crippen LogP contribution in [0.4, 0.5) is 0 Å². The number of carboxylic acids is 1. The summed E-state index contributed by atoms with van der Waals surface area (Å²) in [5.74, 6) is -0.707. The van der Waals surface area contributed by atoms with E-state index in [0.717, 1.165) is 19.4 Å². The Kier molecular flexibility index (Phi) is 3.27. The van der Waals surface area contributed by atoms with Gasteiger partial charge in [-0.15, -0.1) is 0 Å². The van der Waals surface area contributed by atoms with Crippen molar-refractivity contribution in [2.75, 3.05) is 27.7 Å². The molecule has 1 heterocycles. The number of carboxylic acid groups (broad SMARTS) is 1. The fourth-order valence-corrected chi connectivity index (χ4v) is 2.03. The minimum absolute atomic E-state index is 0.149. The van der Waals surface area contributed by atoms with Crippen LogP contribution in [-0.2, 0) is 4.79 Å². The minimum Gasteiger partial charge on any atom is -0.480 e. The van der Waals surface area contributed by atoms with Crippen molar-refractivity contribution >= 4 is 5.97 Å². The largest absolute Gasteiger partial charge is 0.480 e. The van der Waals surface area contributed by atoms with Gasteiger partial charge < -0.3 is 10.0 Å². The van der Waals surface area contributed by atoms with Gasteiger partial charge in [0.2, 0.25) is 0 Å². The van der Waals surface area contributed by atoms with Crippen LogP contribution in [0, 0.1) is 0 Å². The number of rotatable bonds is 2. The van der Waals surface area contributed by atoms with Crippen LogP contribution in [0.15, 0.2) is 0 Å². The molecule has 0 amide bonds. The third-order valence-corrected chi connectivity index (χ3v) is 2.77. The molecule has 0 bridgehead atoms. The monoisotopic (exact) mass is 186 g/mol. The molecule has 0 aliphatic carbocycles. The second kappa shape index (κ2) is 4.07. The maximum atomic E-state index is 11.0. The molecule has 1 N–H and O–H groups in total. The van der Waals surface area contributed by atoms with Crippen molar-refractivity contribution in [3.63, 3.8) is 0 Å². The lowest BCUT2D eigenvalue weighted by Crippen LogP contribution is -2.55. The molecular weight excluding hydrogens is 168 g/mol. The summed E-state index contributed by atoms with van der Waals surface area (Å²) in [5.41, 5.74) is 0. The number of likely N-dealkylation sites (N-methyl/N-ethyl adjacent to an activating group) is 2. The minimum atomic E-state index is -0.707. The fourth-order valence-electron chi connectivity index (χ4n) is 2.03. The molecule has 2 atom stereocenters. The molecule has 0 spiro atoms. The van der Waals surface area contributed by atoms with Gasteiger partial charge in [-0.25, -0.2) is 0 Å². The molecule has 4 nitrogen and oxygen atoms in total. The first-order chi connectivity index (χ1) is 6.04. The van der Waals surface area contributed by atoms with Crippen molar-refractivity contribution < 1.29 is 9.90 Å². The van der Waals surface area contributed by atoms with Crippen LogP contribution in [0.5, 0.6) is 0 Å². The molecule has 0 aromatic carbocycles. The molecule has 0 radical (unpaired) electrons. The van der Waals surface area contributed by atoms with E-state index < -0.39 is 5.97 Å². The highest BCUT2D eigenvalue weighted by Crippen LogP contribution is 2.19. The van der Waals surface area contributed by atoms with E-state index in [-0.39, 0.29) is 12.1 Å². The molecule has 1 aliphatic heterocycles. The first-order valence-electron chi connectivity index (χ1n) is 4.63. The van der Waals surface area contributed by atoms with Gasteiger partial charge in [-0.2, -0.15) is 0 Å². The number of hydrogen-bond donors (Lipinski definition) is 1. The molecule has 76 valence electrons. The number of aliphatic carboxylic acids is 1. The van der Waals surface area contributed by atoms with E-state index in [4.69, 9.17) is 5.11 Å². The van der Waals surface area contributed by atoms with Gasteiger partial charge in [-0.05, 0) is 40.5 Å². The Hall–Kier alpha value is -0.610. The third kappa shape index (κ3) is 2.19. The van der Waals surface area contributed by atoms with Crippen LogP contribution in [0.1, 0.15) is 12.8 Å². The standard InChI is InChI=1S/C9H18N2O2/c1-10(2)7-5-4-6-11(3)8(7)9(12)13/h7-8H,4-6H2,1-3H3,(H,12,13). The SMILES string of the molecule is CN(C)C1CCCN(C)C1C(=O)O. The number of carbonyl (C=O) groups is 1. The van der Waals surface area contributed by atoms with Crippen molar-refractivity contribution in [3.05, 3.63) is 0 Å². The Morgan fingerprint density at radius 1 is 1.54 bits per heavy atom.